The monoisotopic (exact) mass is 632 g/mol. The Morgan fingerprint density at radius 2 is 1.22 bits per heavy atom. The maximum absolute atomic E-state index is 14.0. The maximum Gasteiger partial charge on any atom is 0.262 e. The van der Waals surface area contributed by atoms with Crippen molar-refractivity contribution in [3.8, 4) is 0 Å². The standard InChI is InChI=1S/C29H34Br2N2O4/c1-17-24(30)15-14-22-26(17)23(28(36)32(18(2)34)20-10-6-4-7-11-20)16-25(31)27(22)29(37)33(19(3)35)21-12-8-5-9-13-21/h14-16,20-21H,4-13H2,1-3H3. The number of nitrogens with zero attached hydrogens (tertiary/aromatic N) is 2. The first-order valence-electron chi connectivity index (χ1n) is 13.2. The lowest BCUT2D eigenvalue weighted by atomic mass is 9.90. The van der Waals surface area contributed by atoms with Crippen LogP contribution in [0.15, 0.2) is 27.1 Å². The van der Waals surface area contributed by atoms with Crippen LogP contribution in [0.5, 0.6) is 0 Å². The van der Waals surface area contributed by atoms with Crippen LogP contribution < -0.4 is 0 Å². The number of aryl methyl sites for hydroxylation is 1. The average Bonchev–Trinajstić information content (AvgIpc) is 2.86. The molecule has 2 aromatic rings. The SMILES string of the molecule is CC(=O)N(C(=O)c1c(Br)cc(C(=O)N(C(C)=O)C2CCCCC2)c2c(C)c(Br)ccc12)C1CCCCC1. The minimum absolute atomic E-state index is 0.124. The summed E-state index contributed by atoms with van der Waals surface area (Å²) in [5, 5.41) is 1.22. The van der Waals surface area contributed by atoms with Crippen molar-refractivity contribution in [3.05, 3.63) is 43.8 Å². The molecule has 37 heavy (non-hydrogen) atoms. The minimum Gasteiger partial charge on any atom is -0.276 e. The molecule has 0 atom stereocenters. The second-order valence-corrected chi connectivity index (χ2v) is 12.1. The molecule has 0 bridgehead atoms. The summed E-state index contributed by atoms with van der Waals surface area (Å²) in [6, 6.07) is 5.09. The number of carbonyl (C=O) groups excluding carboxylic acids is 4. The molecule has 0 saturated heterocycles. The maximum atomic E-state index is 14.0. The number of rotatable bonds is 4. The zero-order chi connectivity index (χ0) is 26.9. The largest absolute Gasteiger partial charge is 0.276 e. The number of hydrogen-bond acceptors (Lipinski definition) is 4. The second-order valence-electron chi connectivity index (χ2n) is 10.3. The van der Waals surface area contributed by atoms with Crippen LogP contribution in [0, 0.1) is 6.92 Å². The molecule has 0 heterocycles. The van der Waals surface area contributed by atoms with Gasteiger partial charge in [-0.25, -0.2) is 0 Å². The van der Waals surface area contributed by atoms with Gasteiger partial charge in [-0.1, -0.05) is 60.5 Å². The van der Waals surface area contributed by atoms with Gasteiger partial charge in [0.2, 0.25) is 11.8 Å². The van der Waals surface area contributed by atoms with Gasteiger partial charge in [-0.3, -0.25) is 29.0 Å². The number of hydrogen-bond donors (Lipinski definition) is 0. The molecular formula is C29H34Br2N2O4. The molecule has 198 valence electrons. The Bertz CT molecular complexity index is 1250. The van der Waals surface area contributed by atoms with Crippen molar-refractivity contribution >= 4 is 66.3 Å². The van der Waals surface area contributed by atoms with E-state index in [-0.39, 0.29) is 35.7 Å². The lowest BCUT2D eigenvalue weighted by Crippen LogP contribution is -2.45. The second kappa shape index (κ2) is 11.8. The quantitative estimate of drug-likeness (QED) is 0.354. The predicted octanol–water partition coefficient (Wildman–Crippen LogP) is 7.32. The number of benzene rings is 2. The van der Waals surface area contributed by atoms with E-state index in [1.807, 2.05) is 19.1 Å². The van der Waals surface area contributed by atoms with Crippen LogP contribution in [-0.2, 0) is 9.59 Å². The lowest BCUT2D eigenvalue weighted by Gasteiger charge is -2.33. The van der Waals surface area contributed by atoms with Crippen LogP contribution >= 0.6 is 31.9 Å². The highest BCUT2D eigenvalue weighted by molar-refractivity contribution is 9.10. The molecule has 2 aliphatic carbocycles. The number of carbonyl (C=O) groups is 4. The Morgan fingerprint density at radius 1 is 0.730 bits per heavy atom. The van der Waals surface area contributed by atoms with Gasteiger partial charge >= 0.3 is 0 Å². The van der Waals surface area contributed by atoms with Gasteiger partial charge in [-0.15, -0.1) is 0 Å². The first kappa shape index (κ1) is 28.0. The van der Waals surface area contributed by atoms with Crippen molar-refractivity contribution in [1.29, 1.82) is 0 Å². The fourth-order valence-electron chi connectivity index (χ4n) is 6.09. The highest BCUT2D eigenvalue weighted by Crippen LogP contribution is 2.38. The molecule has 8 heteroatoms. The summed E-state index contributed by atoms with van der Waals surface area (Å²) in [5.74, 6) is -1.24. The number of halogens is 2. The summed E-state index contributed by atoms with van der Waals surface area (Å²) in [7, 11) is 0. The van der Waals surface area contributed by atoms with E-state index in [2.05, 4.69) is 31.9 Å². The van der Waals surface area contributed by atoms with Crippen LogP contribution in [-0.4, -0.2) is 45.5 Å². The summed E-state index contributed by atoms with van der Waals surface area (Å²) in [6.07, 6.45) is 9.40. The molecule has 0 aromatic heterocycles. The highest BCUT2D eigenvalue weighted by Gasteiger charge is 2.35. The number of fused-ring (bicyclic) bond motifs is 1. The molecule has 0 N–H and O–H groups in total. The molecule has 4 amide bonds. The fourth-order valence-corrected chi connectivity index (χ4v) is 7.03. The predicted molar refractivity (Wildman–Crippen MR) is 152 cm³/mol. The highest BCUT2D eigenvalue weighted by atomic mass is 79.9. The van der Waals surface area contributed by atoms with Crippen LogP contribution in [0.4, 0.5) is 0 Å². The zero-order valence-electron chi connectivity index (χ0n) is 21.7. The molecule has 0 radical (unpaired) electrons. The molecule has 4 rings (SSSR count). The first-order valence-corrected chi connectivity index (χ1v) is 14.8. The van der Waals surface area contributed by atoms with Gasteiger partial charge in [0.1, 0.15) is 0 Å². The van der Waals surface area contributed by atoms with Crippen molar-refractivity contribution in [1.82, 2.24) is 9.80 Å². The lowest BCUT2D eigenvalue weighted by molar-refractivity contribution is -0.129. The van der Waals surface area contributed by atoms with E-state index in [0.717, 1.165) is 74.2 Å². The van der Waals surface area contributed by atoms with Gasteiger partial charge in [-0.05, 0) is 77.0 Å². The normalized spacial score (nSPS) is 17.0. The smallest absolute Gasteiger partial charge is 0.262 e. The molecule has 2 fully saturated rings. The third-order valence-electron chi connectivity index (χ3n) is 7.89. The molecule has 2 aromatic carbocycles. The Morgan fingerprint density at radius 3 is 1.70 bits per heavy atom. The molecule has 2 saturated carbocycles. The van der Waals surface area contributed by atoms with Crippen molar-refractivity contribution in [3.63, 3.8) is 0 Å². The van der Waals surface area contributed by atoms with E-state index < -0.39 is 0 Å². The summed E-state index contributed by atoms with van der Waals surface area (Å²) < 4.78 is 1.25. The Kier molecular flexibility index (Phi) is 8.89. The summed E-state index contributed by atoms with van der Waals surface area (Å²) in [6.45, 7) is 4.78. The Balaban J connectivity index is 1.88. The average molecular weight is 634 g/mol. The van der Waals surface area contributed by atoms with E-state index >= 15 is 0 Å². The van der Waals surface area contributed by atoms with Crippen LogP contribution in [0.2, 0.25) is 0 Å². The molecule has 0 unspecified atom stereocenters. The van der Waals surface area contributed by atoms with Crippen molar-refractivity contribution in [2.24, 2.45) is 0 Å². The van der Waals surface area contributed by atoms with Gasteiger partial charge in [0.05, 0.1) is 5.56 Å². The van der Waals surface area contributed by atoms with E-state index in [0.29, 0.717) is 26.4 Å². The zero-order valence-corrected chi connectivity index (χ0v) is 24.9. The van der Waals surface area contributed by atoms with Crippen molar-refractivity contribution in [2.45, 2.75) is 97.1 Å². The van der Waals surface area contributed by atoms with Crippen molar-refractivity contribution in [2.75, 3.05) is 0 Å². The molecular weight excluding hydrogens is 600 g/mol. The van der Waals surface area contributed by atoms with E-state index in [1.165, 1.54) is 23.6 Å². The Hall–Kier alpha value is -2.06. The van der Waals surface area contributed by atoms with Gasteiger partial charge < -0.3 is 0 Å². The first-order chi connectivity index (χ1) is 17.6. The molecule has 2 aliphatic rings. The molecule has 0 spiro atoms. The topological polar surface area (TPSA) is 74.8 Å². The third kappa shape index (κ3) is 5.56. The fraction of sp³-hybridized carbons (Fsp3) is 0.517. The number of imide groups is 2. The Labute approximate surface area is 235 Å². The van der Waals surface area contributed by atoms with Gasteiger partial charge in [0.15, 0.2) is 0 Å². The van der Waals surface area contributed by atoms with Crippen molar-refractivity contribution < 1.29 is 19.2 Å². The van der Waals surface area contributed by atoms with Gasteiger partial charge in [0.25, 0.3) is 11.8 Å². The van der Waals surface area contributed by atoms with Crippen LogP contribution in [0.3, 0.4) is 0 Å². The molecule has 0 aliphatic heterocycles. The van der Waals surface area contributed by atoms with E-state index in [9.17, 15) is 19.2 Å². The summed E-state index contributed by atoms with van der Waals surface area (Å²) in [5.41, 5.74) is 1.56. The minimum atomic E-state index is -0.354. The van der Waals surface area contributed by atoms with Gasteiger partial charge in [-0.2, -0.15) is 0 Å². The van der Waals surface area contributed by atoms with Gasteiger partial charge in [0, 0.05) is 40.4 Å². The van der Waals surface area contributed by atoms with E-state index in [4.69, 9.17) is 0 Å². The summed E-state index contributed by atoms with van der Waals surface area (Å²) >= 11 is 7.16. The third-order valence-corrected chi connectivity index (χ3v) is 9.37. The molecule has 6 nitrogen and oxygen atoms in total. The summed E-state index contributed by atoms with van der Waals surface area (Å²) in [4.78, 5) is 56.3. The van der Waals surface area contributed by atoms with Crippen LogP contribution in [0.25, 0.3) is 10.8 Å². The number of amides is 4. The van der Waals surface area contributed by atoms with Crippen LogP contribution in [0.1, 0.15) is 104 Å². The van der Waals surface area contributed by atoms with E-state index in [1.54, 1.807) is 6.07 Å².